The fourth-order valence-electron chi connectivity index (χ4n) is 3.05. The first-order chi connectivity index (χ1) is 8.47. The van der Waals surface area contributed by atoms with E-state index >= 15 is 0 Å². The van der Waals surface area contributed by atoms with Crippen molar-refractivity contribution >= 4 is 33.3 Å². The first-order valence-corrected chi connectivity index (χ1v) is 7.63. The van der Waals surface area contributed by atoms with Crippen molar-refractivity contribution in [2.24, 2.45) is 17.8 Å². The Morgan fingerprint density at radius 2 is 1.83 bits per heavy atom. The fraction of sp³-hybridized carbons (Fsp3) is 0.533. The number of carbonyl (C=O) groups is 1. The minimum absolute atomic E-state index is 0.178. The molecule has 2 rings (SSSR count). The van der Waals surface area contributed by atoms with Gasteiger partial charge in [-0.25, -0.2) is 0 Å². The molecule has 1 aromatic carbocycles. The Morgan fingerprint density at radius 1 is 1.22 bits per heavy atom. The Morgan fingerprint density at radius 3 is 2.39 bits per heavy atom. The summed E-state index contributed by atoms with van der Waals surface area (Å²) in [5.41, 5.74) is 0.776. The van der Waals surface area contributed by atoms with Crippen LogP contribution in [0.15, 0.2) is 22.7 Å². The van der Waals surface area contributed by atoms with E-state index in [4.69, 9.17) is 11.6 Å². The van der Waals surface area contributed by atoms with Crippen LogP contribution in [0.25, 0.3) is 0 Å². The molecule has 1 aliphatic rings. The van der Waals surface area contributed by atoms with E-state index in [-0.39, 0.29) is 11.7 Å². The third-order valence-corrected chi connectivity index (χ3v) is 4.97. The molecule has 1 fully saturated rings. The van der Waals surface area contributed by atoms with E-state index in [1.807, 2.05) is 12.1 Å². The average molecular weight is 330 g/mol. The summed E-state index contributed by atoms with van der Waals surface area (Å²) in [5, 5.41) is 0.650. The molecule has 2 unspecified atom stereocenters. The highest BCUT2D eigenvalue weighted by atomic mass is 79.9. The minimum Gasteiger partial charge on any atom is -0.294 e. The van der Waals surface area contributed by atoms with Crippen molar-refractivity contribution in [2.45, 2.75) is 33.1 Å². The van der Waals surface area contributed by atoms with Crippen LogP contribution in [0.1, 0.15) is 43.5 Å². The zero-order valence-corrected chi connectivity index (χ0v) is 13.1. The van der Waals surface area contributed by atoms with Crippen LogP contribution >= 0.6 is 27.5 Å². The van der Waals surface area contributed by atoms with Crippen LogP contribution in [0.4, 0.5) is 0 Å². The third kappa shape index (κ3) is 3.16. The Kier molecular flexibility index (Phi) is 4.50. The number of hydrogen-bond acceptors (Lipinski definition) is 1. The molecule has 0 aromatic heterocycles. The van der Waals surface area contributed by atoms with Crippen molar-refractivity contribution in [2.75, 3.05) is 0 Å². The number of rotatable bonds is 2. The second-order valence-corrected chi connectivity index (χ2v) is 6.87. The summed E-state index contributed by atoms with van der Waals surface area (Å²) < 4.78 is 0.798. The first kappa shape index (κ1) is 14.1. The predicted octanol–water partition coefficient (Wildman–Crippen LogP) is 5.36. The van der Waals surface area contributed by atoms with E-state index in [9.17, 15) is 4.79 Å². The van der Waals surface area contributed by atoms with Gasteiger partial charge in [0, 0.05) is 16.0 Å². The van der Waals surface area contributed by atoms with Crippen LogP contribution < -0.4 is 0 Å². The molecule has 0 saturated heterocycles. The molecule has 0 bridgehead atoms. The standard InChI is InChI=1S/C15H18BrClO/c1-9-5-10(2)7-12(6-9)15(18)11-3-4-14(17)13(16)8-11/h3-4,8-10,12H,5-7H2,1-2H3. The second kappa shape index (κ2) is 5.75. The van der Waals surface area contributed by atoms with Gasteiger partial charge in [0.15, 0.2) is 5.78 Å². The summed E-state index contributed by atoms with van der Waals surface area (Å²) >= 11 is 9.34. The summed E-state index contributed by atoms with van der Waals surface area (Å²) in [4.78, 5) is 12.5. The van der Waals surface area contributed by atoms with Gasteiger partial charge < -0.3 is 0 Å². The van der Waals surface area contributed by atoms with Crippen LogP contribution in [-0.2, 0) is 0 Å². The number of ketones is 1. The van der Waals surface area contributed by atoms with Gasteiger partial charge in [-0.1, -0.05) is 25.4 Å². The largest absolute Gasteiger partial charge is 0.294 e. The molecule has 1 aliphatic carbocycles. The lowest BCUT2D eigenvalue weighted by Gasteiger charge is -2.30. The summed E-state index contributed by atoms with van der Waals surface area (Å²) in [5.74, 6) is 1.75. The van der Waals surface area contributed by atoms with E-state index in [1.165, 1.54) is 6.42 Å². The lowest BCUT2D eigenvalue weighted by Crippen LogP contribution is -2.26. The van der Waals surface area contributed by atoms with E-state index < -0.39 is 0 Å². The summed E-state index contributed by atoms with van der Waals surface area (Å²) in [7, 11) is 0. The van der Waals surface area contributed by atoms with Gasteiger partial charge >= 0.3 is 0 Å². The van der Waals surface area contributed by atoms with E-state index in [1.54, 1.807) is 6.07 Å². The highest BCUT2D eigenvalue weighted by Crippen LogP contribution is 2.35. The molecule has 3 heteroatoms. The van der Waals surface area contributed by atoms with Crippen LogP contribution in [0, 0.1) is 17.8 Å². The zero-order valence-electron chi connectivity index (χ0n) is 10.7. The Hall–Kier alpha value is -0.340. The second-order valence-electron chi connectivity index (χ2n) is 5.61. The monoisotopic (exact) mass is 328 g/mol. The van der Waals surface area contributed by atoms with Gasteiger partial charge in [-0.2, -0.15) is 0 Å². The van der Waals surface area contributed by atoms with Gasteiger partial charge in [0.25, 0.3) is 0 Å². The molecule has 98 valence electrons. The van der Waals surface area contributed by atoms with Crippen LogP contribution in [0.5, 0.6) is 0 Å². The van der Waals surface area contributed by atoms with Crippen molar-refractivity contribution in [1.82, 2.24) is 0 Å². The van der Waals surface area contributed by atoms with Crippen molar-refractivity contribution in [3.8, 4) is 0 Å². The SMILES string of the molecule is CC1CC(C)CC(C(=O)c2ccc(Cl)c(Br)c2)C1. The molecular formula is C15H18BrClO. The van der Waals surface area contributed by atoms with Crippen LogP contribution in [-0.4, -0.2) is 5.78 Å². The van der Waals surface area contributed by atoms with Crippen molar-refractivity contribution in [1.29, 1.82) is 0 Å². The predicted molar refractivity (Wildman–Crippen MR) is 79.2 cm³/mol. The topological polar surface area (TPSA) is 17.1 Å². The number of hydrogen-bond donors (Lipinski definition) is 0. The van der Waals surface area contributed by atoms with Gasteiger partial charge in [0.05, 0.1) is 5.02 Å². The molecule has 0 N–H and O–H groups in total. The van der Waals surface area contributed by atoms with Gasteiger partial charge in [0.1, 0.15) is 0 Å². The number of Topliss-reactive ketones (excluding diaryl/α,β-unsaturated/α-hetero) is 1. The third-order valence-electron chi connectivity index (χ3n) is 3.75. The van der Waals surface area contributed by atoms with Gasteiger partial charge in [-0.05, 0) is 65.2 Å². The number of benzene rings is 1. The fourth-order valence-corrected chi connectivity index (χ4v) is 3.54. The molecule has 1 aromatic rings. The Labute approximate surface area is 122 Å². The molecule has 1 nitrogen and oxygen atoms in total. The highest BCUT2D eigenvalue weighted by Gasteiger charge is 2.29. The van der Waals surface area contributed by atoms with Crippen LogP contribution in [0.2, 0.25) is 5.02 Å². The van der Waals surface area contributed by atoms with E-state index in [0.29, 0.717) is 16.9 Å². The van der Waals surface area contributed by atoms with E-state index in [2.05, 4.69) is 29.8 Å². The van der Waals surface area contributed by atoms with Gasteiger partial charge in [-0.3, -0.25) is 4.79 Å². The maximum absolute atomic E-state index is 12.5. The van der Waals surface area contributed by atoms with Crippen molar-refractivity contribution in [3.05, 3.63) is 33.3 Å². The van der Waals surface area contributed by atoms with Crippen molar-refractivity contribution < 1.29 is 4.79 Å². The molecule has 18 heavy (non-hydrogen) atoms. The Balaban J connectivity index is 2.17. The quantitative estimate of drug-likeness (QED) is 0.668. The smallest absolute Gasteiger partial charge is 0.166 e. The molecule has 0 heterocycles. The van der Waals surface area contributed by atoms with Gasteiger partial charge in [0.2, 0.25) is 0 Å². The molecule has 0 radical (unpaired) electrons. The molecule has 0 spiro atoms. The Bertz CT molecular complexity index is 448. The minimum atomic E-state index is 0.178. The number of carbonyl (C=O) groups excluding carboxylic acids is 1. The lowest BCUT2D eigenvalue weighted by molar-refractivity contribution is 0.0836. The van der Waals surface area contributed by atoms with E-state index in [0.717, 1.165) is 22.9 Å². The molecular weight excluding hydrogens is 312 g/mol. The normalized spacial score (nSPS) is 28.1. The number of halogens is 2. The first-order valence-electron chi connectivity index (χ1n) is 6.46. The highest BCUT2D eigenvalue weighted by molar-refractivity contribution is 9.10. The molecule has 2 atom stereocenters. The molecule has 1 saturated carbocycles. The van der Waals surface area contributed by atoms with Crippen LogP contribution in [0.3, 0.4) is 0 Å². The maximum Gasteiger partial charge on any atom is 0.166 e. The lowest BCUT2D eigenvalue weighted by atomic mass is 9.74. The van der Waals surface area contributed by atoms with Gasteiger partial charge in [-0.15, -0.1) is 0 Å². The molecule has 0 aliphatic heterocycles. The summed E-state index contributed by atoms with van der Waals surface area (Å²) in [6.45, 7) is 4.49. The maximum atomic E-state index is 12.5. The molecule has 0 amide bonds. The zero-order chi connectivity index (χ0) is 13.3. The summed E-state index contributed by atoms with van der Waals surface area (Å²) in [6, 6.07) is 5.46. The average Bonchev–Trinajstić information content (AvgIpc) is 2.30. The van der Waals surface area contributed by atoms with Crippen molar-refractivity contribution in [3.63, 3.8) is 0 Å². The summed E-state index contributed by atoms with van der Waals surface area (Å²) in [6.07, 6.45) is 3.28.